The summed E-state index contributed by atoms with van der Waals surface area (Å²) in [4.78, 5) is 14.5. The van der Waals surface area contributed by atoms with Crippen LogP contribution in [0, 0.1) is 5.41 Å². The van der Waals surface area contributed by atoms with Gasteiger partial charge in [-0.1, -0.05) is 24.4 Å². The Balaban J connectivity index is 2.18. The van der Waals surface area contributed by atoms with Crippen molar-refractivity contribution >= 4 is 22.5 Å². The third-order valence-electron chi connectivity index (χ3n) is 4.18. The predicted octanol–water partition coefficient (Wildman–Crippen LogP) is 0.274. The molecule has 0 bridgehead atoms. The van der Waals surface area contributed by atoms with E-state index in [0.717, 1.165) is 19.3 Å². The number of carbonyl (C=O) groups excluding carboxylic acids is 1. The minimum absolute atomic E-state index is 0.0314. The van der Waals surface area contributed by atoms with E-state index in [4.69, 9.17) is 10.9 Å². The number of amides is 1. The fourth-order valence-corrected chi connectivity index (χ4v) is 4.03. The molecule has 108 valence electrons. The summed E-state index contributed by atoms with van der Waals surface area (Å²) in [5.74, 6) is 1.03. The van der Waals surface area contributed by atoms with Gasteiger partial charge in [0.15, 0.2) is 5.84 Å². The molecule has 6 nitrogen and oxygen atoms in total. The van der Waals surface area contributed by atoms with Gasteiger partial charge in [-0.3, -0.25) is 9.00 Å². The first-order valence-electron chi connectivity index (χ1n) is 6.72. The van der Waals surface area contributed by atoms with Gasteiger partial charge in [-0.25, -0.2) is 0 Å². The highest BCUT2D eigenvalue weighted by molar-refractivity contribution is 7.85. The molecule has 0 aromatic rings. The summed E-state index contributed by atoms with van der Waals surface area (Å²) in [5, 5.41) is 12.1. The van der Waals surface area contributed by atoms with Gasteiger partial charge in [-0.2, -0.15) is 0 Å². The average molecular weight is 287 g/mol. The summed E-state index contributed by atoms with van der Waals surface area (Å²) >= 11 is 0. The Morgan fingerprint density at radius 1 is 1.21 bits per heavy atom. The number of nitrogens with two attached hydrogens (primary N) is 1. The molecule has 1 saturated heterocycles. The van der Waals surface area contributed by atoms with Gasteiger partial charge in [0.05, 0.1) is 0 Å². The third-order valence-corrected chi connectivity index (χ3v) is 5.46. The maximum atomic E-state index is 12.7. The average Bonchev–Trinajstić information content (AvgIpc) is 2.47. The minimum Gasteiger partial charge on any atom is -0.409 e. The van der Waals surface area contributed by atoms with Gasteiger partial charge in [0.1, 0.15) is 5.41 Å². The zero-order valence-electron chi connectivity index (χ0n) is 11.0. The van der Waals surface area contributed by atoms with Gasteiger partial charge >= 0.3 is 0 Å². The van der Waals surface area contributed by atoms with Crippen molar-refractivity contribution in [1.29, 1.82) is 0 Å². The first kappa shape index (κ1) is 14.3. The molecule has 1 heterocycles. The molecule has 0 radical (unpaired) electrons. The van der Waals surface area contributed by atoms with Gasteiger partial charge in [0.2, 0.25) is 5.91 Å². The van der Waals surface area contributed by atoms with Crippen LogP contribution in [0.25, 0.3) is 0 Å². The third kappa shape index (κ3) is 2.75. The normalized spacial score (nSPS) is 25.3. The molecule has 7 heteroatoms. The van der Waals surface area contributed by atoms with E-state index in [9.17, 15) is 9.00 Å². The summed E-state index contributed by atoms with van der Waals surface area (Å²) in [6, 6.07) is 0. The number of amidine groups is 1. The standard InChI is InChI=1S/C12H21N3O3S/c13-10(14-17)12(4-2-1-3-5-12)11(16)15-6-8-19(18)9-7-15/h17H,1-9H2,(H2,13,14). The molecule has 2 aliphatic rings. The maximum Gasteiger partial charge on any atom is 0.236 e. The molecule has 2 rings (SSSR count). The van der Waals surface area contributed by atoms with Crippen LogP contribution in [0.15, 0.2) is 5.16 Å². The summed E-state index contributed by atoms with van der Waals surface area (Å²) in [6.45, 7) is 1.01. The first-order chi connectivity index (χ1) is 9.10. The van der Waals surface area contributed by atoms with Crippen LogP contribution in [0.3, 0.4) is 0 Å². The van der Waals surface area contributed by atoms with Crippen molar-refractivity contribution < 1.29 is 14.2 Å². The Bertz CT molecular complexity index is 395. The highest BCUT2D eigenvalue weighted by atomic mass is 32.2. The zero-order valence-corrected chi connectivity index (χ0v) is 11.8. The quantitative estimate of drug-likeness (QED) is 0.330. The molecule has 2 fully saturated rings. The number of nitrogens with zero attached hydrogens (tertiary/aromatic N) is 2. The van der Waals surface area contributed by atoms with Gasteiger partial charge < -0.3 is 15.8 Å². The summed E-state index contributed by atoms with van der Waals surface area (Å²) in [6.07, 6.45) is 4.20. The van der Waals surface area contributed by atoms with Crippen LogP contribution in [0.1, 0.15) is 32.1 Å². The molecule has 0 aromatic heterocycles. The largest absolute Gasteiger partial charge is 0.409 e. The van der Waals surface area contributed by atoms with Crippen molar-refractivity contribution in [3.05, 3.63) is 0 Å². The van der Waals surface area contributed by atoms with Crippen LogP contribution in [-0.4, -0.2) is 50.7 Å². The van der Waals surface area contributed by atoms with E-state index in [1.165, 1.54) is 0 Å². The Morgan fingerprint density at radius 3 is 2.32 bits per heavy atom. The second-order valence-corrected chi connectivity index (χ2v) is 6.96. The van der Waals surface area contributed by atoms with Crippen molar-refractivity contribution in [3.63, 3.8) is 0 Å². The van der Waals surface area contributed by atoms with Crippen molar-refractivity contribution in [3.8, 4) is 0 Å². The molecule has 19 heavy (non-hydrogen) atoms. The molecule has 0 aromatic carbocycles. The summed E-state index contributed by atoms with van der Waals surface area (Å²) in [5.41, 5.74) is 4.97. The smallest absolute Gasteiger partial charge is 0.236 e. The Morgan fingerprint density at radius 2 is 1.79 bits per heavy atom. The number of hydrogen-bond donors (Lipinski definition) is 2. The van der Waals surface area contributed by atoms with Gasteiger partial charge in [0, 0.05) is 35.4 Å². The van der Waals surface area contributed by atoms with E-state index in [1.807, 2.05) is 0 Å². The van der Waals surface area contributed by atoms with Crippen molar-refractivity contribution in [2.75, 3.05) is 24.6 Å². The van der Waals surface area contributed by atoms with Crippen molar-refractivity contribution in [2.45, 2.75) is 32.1 Å². The fraction of sp³-hybridized carbons (Fsp3) is 0.833. The molecule has 1 saturated carbocycles. The van der Waals surface area contributed by atoms with Gasteiger partial charge in [0.25, 0.3) is 0 Å². The molecule has 0 spiro atoms. The monoisotopic (exact) mass is 287 g/mol. The fourth-order valence-electron chi connectivity index (χ4n) is 2.97. The SMILES string of the molecule is NC(=NO)C1(C(=O)N2CCS(=O)CC2)CCCCC1. The number of hydrogen-bond acceptors (Lipinski definition) is 4. The second kappa shape index (κ2) is 5.90. The lowest BCUT2D eigenvalue weighted by Crippen LogP contribution is -2.55. The van der Waals surface area contributed by atoms with Crippen LogP contribution in [-0.2, 0) is 15.6 Å². The number of carbonyl (C=O) groups is 1. The van der Waals surface area contributed by atoms with Crippen LogP contribution < -0.4 is 5.73 Å². The molecule has 0 unspecified atom stereocenters. The van der Waals surface area contributed by atoms with Crippen molar-refractivity contribution in [2.24, 2.45) is 16.3 Å². The van der Waals surface area contributed by atoms with Crippen LogP contribution in [0.5, 0.6) is 0 Å². The van der Waals surface area contributed by atoms with Gasteiger partial charge in [-0.15, -0.1) is 0 Å². The molecule has 1 aliphatic heterocycles. The predicted molar refractivity (Wildman–Crippen MR) is 73.4 cm³/mol. The zero-order chi connectivity index (χ0) is 13.9. The van der Waals surface area contributed by atoms with Crippen LogP contribution >= 0.6 is 0 Å². The maximum absolute atomic E-state index is 12.7. The van der Waals surface area contributed by atoms with E-state index in [1.54, 1.807) is 4.90 Å². The molecule has 1 amide bonds. The molecule has 3 N–H and O–H groups in total. The van der Waals surface area contributed by atoms with Crippen LogP contribution in [0.4, 0.5) is 0 Å². The Labute approximate surface area is 115 Å². The summed E-state index contributed by atoms with van der Waals surface area (Å²) < 4.78 is 11.4. The number of rotatable bonds is 2. The van der Waals surface area contributed by atoms with Crippen molar-refractivity contribution in [1.82, 2.24) is 4.90 Å². The molecule has 0 atom stereocenters. The lowest BCUT2D eigenvalue weighted by atomic mass is 9.72. The van der Waals surface area contributed by atoms with Crippen LogP contribution in [0.2, 0.25) is 0 Å². The molecule has 1 aliphatic carbocycles. The van der Waals surface area contributed by atoms with E-state index in [0.29, 0.717) is 37.4 Å². The van der Waals surface area contributed by atoms with E-state index >= 15 is 0 Å². The van der Waals surface area contributed by atoms with Gasteiger partial charge in [-0.05, 0) is 12.8 Å². The lowest BCUT2D eigenvalue weighted by molar-refractivity contribution is -0.139. The Hall–Kier alpha value is -1.11. The van der Waals surface area contributed by atoms with E-state index < -0.39 is 16.2 Å². The first-order valence-corrected chi connectivity index (χ1v) is 8.21. The summed E-state index contributed by atoms with van der Waals surface area (Å²) in [7, 11) is -0.813. The Kier molecular flexibility index (Phi) is 4.44. The highest BCUT2D eigenvalue weighted by Gasteiger charge is 2.46. The molecular formula is C12H21N3O3S. The molecular weight excluding hydrogens is 266 g/mol. The number of oxime groups is 1. The topological polar surface area (TPSA) is 96.0 Å². The minimum atomic E-state index is -0.841. The second-order valence-electron chi connectivity index (χ2n) is 5.27. The van der Waals surface area contributed by atoms with E-state index in [-0.39, 0.29) is 11.7 Å². The lowest BCUT2D eigenvalue weighted by Gasteiger charge is -2.39. The highest BCUT2D eigenvalue weighted by Crippen LogP contribution is 2.38. The van der Waals surface area contributed by atoms with E-state index in [2.05, 4.69) is 5.16 Å².